The summed E-state index contributed by atoms with van der Waals surface area (Å²) in [7, 11) is 1.92. The largest absolute Gasteiger partial charge is 0.356 e. The molecule has 2 aromatic rings. The van der Waals surface area contributed by atoms with Crippen LogP contribution >= 0.6 is 15.9 Å². The van der Waals surface area contributed by atoms with Gasteiger partial charge in [-0.15, -0.1) is 0 Å². The molecular formula is C19H22BrN3O2. The molecule has 5 nitrogen and oxygen atoms in total. The average Bonchev–Trinajstić information content (AvgIpc) is 3.28. The van der Waals surface area contributed by atoms with E-state index >= 15 is 0 Å². The number of H-pyrrole nitrogens is 1. The second-order valence-electron chi connectivity index (χ2n) is 6.52. The van der Waals surface area contributed by atoms with Crippen LogP contribution in [0.2, 0.25) is 0 Å². The molecule has 0 aliphatic carbocycles. The number of likely N-dealkylation sites (tertiary alicyclic amines) is 1. The molecule has 6 heteroatoms. The van der Waals surface area contributed by atoms with Crippen LogP contribution in [0.4, 0.5) is 0 Å². The van der Waals surface area contributed by atoms with Gasteiger partial charge in [0.15, 0.2) is 5.78 Å². The molecule has 1 fully saturated rings. The van der Waals surface area contributed by atoms with Gasteiger partial charge in [-0.05, 0) is 43.7 Å². The first-order valence-electron chi connectivity index (χ1n) is 8.47. The molecule has 0 atom stereocenters. The maximum Gasteiger partial charge on any atom is 0.270 e. The molecule has 1 saturated heterocycles. The molecular weight excluding hydrogens is 382 g/mol. The fourth-order valence-corrected chi connectivity index (χ4v) is 3.33. The zero-order valence-corrected chi connectivity index (χ0v) is 15.9. The SMILES string of the molecule is CN(CC(=O)c1c[nH]c(C(=O)N2CCCC2)c1)Cc1ccc(Br)cc1. The van der Waals surface area contributed by atoms with Gasteiger partial charge in [-0.2, -0.15) is 0 Å². The Balaban J connectivity index is 1.57. The van der Waals surface area contributed by atoms with Crippen LogP contribution in [0.1, 0.15) is 39.3 Å². The zero-order chi connectivity index (χ0) is 17.8. The summed E-state index contributed by atoms with van der Waals surface area (Å²) in [5.74, 6) is -0.00361. The van der Waals surface area contributed by atoms with Crippen LogP contribution in [0, 0.1) is 0 Å². The van der Waals surface area contributed by atoms with Gasteiger partial charge in [0.1, 0.15) is 5.69 Å². The van der Waals surface area contributed by atoms with Crippen LogP contribution in [0.25, 0.3) is 0 Å². The van der Waals surface area contributed by atoms with E-state index in [-0.39, 0.29) is 11.7 Å². The van der Waals surface area contributed by atoms with Crippen LogP contribution in [-0.2, 0) is 6.54 Å². The van der Waals surface area contributed by atoms with Crippen LogP contribution in [-0.4, -0.2) is 53.2 Å². The quantitative estimate of drug-likeness (QED) is 0.752. The predicted octanol–water partition coefficient (Wildman–Crippen LogP) is 3.33. The Bertz CT molecular complexity index is 748. The minimum absolute atomic E-state index is 0.0105. The maximum absolute atomic E-state index is 12.5. The summed E-state index contributed by atoms with van der Waals surface area (Å²) >= 11 is 3.42. The van der Waals surface area contributed by atoms with Crippen LogP contribution < -0.4 is 0 Å². The molecule has 0 unspecified atom stereocenters. The zero-order valence-electron chi connectivity index (χ0n) is 14.3. The lowest BCUT2D eigenvalue weighted by Gasteiger charge is -2.15. The number of nitrogens with zero attached hydrogens (tertiary/aromatic N) is 2. The number of likely N-dealkylation sites (N-methyl/N-ethyl adjacent to an activating group) is 1. The lowest BCUT2D eigenvalue weighted by molar-refractivity contribution is 0.0787. The highest BCUT2D eigenvalue weighted by Crippen LogP contribution is 2.15. The van der Waals surface area contributed by atoms with Crippen molar-refractivity contribution < 1.29 is 9.59 Å². The van der Waals surface area contributed by atoms with Crippen molar-refractivity contribution in [3.8, 4) is 0 Å². The van der Waals surface area contributed by atoms with Gasteiger partial charge in [0.2, 0.25) is 0 Å². The number of carbonyl (C=O) groups excluding carboxylic acids is 2. The Labute approximate surface area is 156 Å². The van der Waals surface area contributed by atoms with E-state index < -0.39 is 0 Å². The monoisotopic (exact) mass is 403 g/mol. The molecule has 1 amide bonds. The minimum Gasteiger partial charge on any atom is -0.356 e. The van der Waals surface area contributed by atoms with Crippen LogP contribution in [0.5, 0.6) is 0 Å². The molecule has 0 saturated carbocycles. The van der Waals surface area contributed by atoms with Crippen molar-refractivity contribution in [3.05, 3.63) is 57.8 Å². The summed E-state index contributed by atoms with van der Waals surface area (Å²) in [5.41, 5.74) is 2.21. The van der Waals surface area contributed by atoms with Gasteiger partial charge in [0.25, 0.3) is 5.91 Å². The van der Waals surface area contributed by atoms with E-state index in [2.05, 4.69) is 20.9 Å². The van der Waals surface area contributed by atoms with Crippen molar-refractivity contribution >= 4 is 27.6 Å². The van der Waals surface area contributed by atoms with Crippen LogP contribution in [0.15, 0.2) is 41.0 Å². The van der Waals surface area contributed by atoms with Crippen molar-refractivity contribution in [2.45, 2.75) is 19.4 Å². The summed E-state index contributed by atoms with van der Waals surface area (Å²) < 4.78 is 1.04. The second-order valence-corrected chi connectivity index (χ2v) is 7.44. The number of carbonyl (C=O) groups is 2. The highest BCUT2D eigenvalue weighted by atomic mass is 79.9. The van der Waals surface area contributed by atoms with E-state index in [0.29, 0.717) is 24.3 Å². The normalized spacial score (nSPS) is 14.3. The third-order valence-electron chi connectivity index (χ3n) is 4.41. The van der Waals surface area contributed by atoms with Gasteiger partial charge in [0.05, 0.1) is 6.54 Å². The molecule has 132 valence electrons. The fourth-order valence-electron chi connectivity index (χ4n) is 3.06. The Morgan fingerprint density at radius 1 is 1.20 bits per heavy atom. The third-order valence-corrected chi connectivity index (χ3v) is 4.94. The third kappa shape index (κ3) is 4.58. The summed E-state index contributed by atoms with van der Waals surface area (Å²) in [4.78, 5) is 31.6. The Hall–Kier alpha value is -1.92. The first-order valence-corrected chi connectivity index (χ1v) is 9.26. The average molecular weight is 404 g/mol. The van der Waals surface area contributed by atoms with E-state index in [0.717, 1.165) is 36.0 Å². The van der Waals surface area contributed by atoms with Gasteiger partial charge < -0.3 is 9.88 Å². The van der Waals surface area contributed by atoms with E-state index in [4.69, 9.17) is 0 Å². The van der Waals surface area contributed by atoms with Crippen molar-refractivity contribution in [2.75, 3.05) is 26.7 Å². The molecule has 1 aliphatic heterocycles. The number of benzene rings is 1. The number of hydrogen-bond donors (Lipinski definition) is 1. The molecule has 0 spiro atoms. The molecule has 1 N–H and O–H groups in total. The highest BCUT2D eigenvalue weighted by Gasteiger charge is 2.22. The number of nitrogens with one attached hydrogen (secondary N) is 1. The van der Waals surface area contributed by atoms with Gasteiger partial charge in [-0.1, -0.05) is 28.1 Å². The van der Waals surface area contributed by atoms with Crippen molar-refractivity contribution in [1.29, 1.82) is 0 Å². The van der Waals surface area contributed by atoms with Crippen molar-refractivity contribution in [3.63, 3.8) is 0 Å². The van der Waals surface area contributed by atoms with E-state index in [1.165, 1.54) is 0 Å². The molecule has 1 aromatic heterocycles. The van der Waals surface area contributed by atoms with Crippen molar-refractivity contribution in [2.24, 2.45) is 0 Å². The van der Waals surface area contributed by atoms with Gasteiger partial charge in [-0.25, -0.2) is 0 Å². The number of hydrogen-bond acceptors (Lipinski definition) is 3. The Morgan fingerprint density at radius 2 is 1.88 bits per heavy atom. The molecule has 3 rings (SSSR count). The summed E-state index contributed by atoms with van der Waals surface area (Å²) in [6.45, 7) is 2.61. The number of halogens is 1. The molecule has 2 heterocycles. The maximum atomic E-state index is 12.5. The van der Waals surface area contributed by atoms with Crippen LogP contribution in [0.3, 0.4) is 0 Å². The number of ketones is 1. The fraction of sp³-hybridized carbons (Fsp3) is 0.368. The predicted molar refractivity (Wildman–Crippen MR) is 101 cm³/mol. The van der Waals surface area contributed by atoms with Gasteiger partial charge in [0, 0.05) is 35.9 Å². The Morgan fingerprint density at radius 3 is 2.56 bits per heavy atom. The van der Waals surface area contributed by atoms with Gasteiger partial charge in [-0.3, -0.25) is 14.5 Å². The van der Waals surface area contributed by atoms with E-state index in [1.54, 1.807) is 12.3 Å². The summed E-state index contributed by atoms with van der Waals surface area (Å²) in [6, 6.07) is 9.74. The molecule has 1 aliphatic rings. The topological polar surface area (TPSA) is 56.4 Å². The molecule has 0 radical (unpaired) electrons. The smallest absolute Gasteiger partial charge is 0.270 e. The number of rotatable bonds is 6. The van der Waals surface area contributed by atoms with E-state index in [9.17, 15) is 9.59 Å². The van der Waals surface area contributed by atoms with Gasteiger partial charge >= 0.3 is 0 Å². The first kappa shape index (κ1) is 17.9. The first-order chi connectivity index (χ1) is 12.0. The lowest BCUT2D eigenvalue weighted by Crippen LogP contribution is -2.28. The lowest BCUT2D eigenvalue weighted by atomic mass is 10.1. The molecule has 0 bridgehead atoms. The summed E-state index contributed by atoms with van der Waals surface area (Å²) in [5, 5.41) is 0. The number of aromatic nitrogens is 1. The summed E-state index contributed by atoms with van der Waals surface area (Å²) in [6.07, 6.45) is 3.75. The van der Waals surface area contributed by atoms with E-state index in [1.807, 2.05) is 41.1 Å². The molecule has 1 aromatic carbocycles. The number of aromatic amines is 1. The molecule has 25 heavy (non-hydrogen) atoms. The number of amides is 1. The van der Waals surface area contributed by atoms with Crippen molar-refractivity contribution in [1.82, 2.24) is 14.8 Å². The second kappa shape index (κ2) is 7.97. The highest BCUT2D eigenvalue weighted by molar-refractivity contribution is 9.10. The minimum atomic E-state index is -0.0141. The Kier molecular flexibility index (Phi) is 5.71. The standard InChI is InChI=1S/C19H22BrN3O2/c1-22(12-14-4-6-16(20)7-5-14)13-18(24)15-10-17(21-11-15)19(25)23-8-2-3-9-23/h4-7,10-11,21H,2-3,8-9,12-13H2,1H3. The number of Topliss-reactive ketones (excluding diaryl/α,β-unsaturated/α-hetero) is 1.